The summed E-state index contributed by atoms with van der Waals surface area (Å²) in [6.07, 6.45) is 4.12. The zero-order valence-corrected chi connectivity index (χ0v) is 11.8. The van der Waals surface area contributed by atoms with E-state index in [0.717, 1.165) is 12.6 Å². The topological polar surface area (TPSA) is 18.5 Å². The summed E-state index contributed by atoms with van der Waals surface area (Å²) < 4.78 is 0. The smallest absolute Gasteiger partial charge is 0.0193 e. The second kappa shape index (κ2) is 6.17. The Kier molecular flexibility index (Phi) is 4.83. The second-order valence-corrected chi connectivity index (χ2v) is 5.87. The van der Waals surface area contributed by atoms with Crippen LogP contribution in [0.4, 0.5) is 0 Å². The van der Waals surface area contributed by atoms with Crippen molar-refractivity contribution in [1.29, 1.82) is 0 Å². The van der Waals surface area contributed by atoms with E-state index in [1.807, 2.05) is 0 Å². The average Bonchev–Trinajstić information content (AvgIpc) is 3.20. The zero-order chi connectivity index (χ0) is 12.3. The van der Waals surface area contributed by atoms with E-state index in [2.05, 4.69) is 35.9 Å². The van der Waals surface area contributed by atoms with Gasteiger partial charge in [-0.15, -0.1) is 0 Å². The number of rotatable bonds is 6. The van der Waals surface area contributed by atoms with Crippen molar-refractivity contribution >= 4 is 0 Å². The van der Waals surface area contributed by atoms with Gasteiger partial charge < -0.3 is 5.32 Å². The van der Waals surface area contributed by atoms with Gasteiger partial charge in [-0.3, -0.25) is 9.80 Å². The maximum Gasteiger partial charge on any atom is 0.0193 e. The van der Waals surface area contributed by atoms with Crippen LogP contribution in [0.2, 0.25) is 0 Å². The first-order valence-corrected chi connectivity index (χ1v) is 7.42. The van der Waals surface area contributed by atoms with E-state index in [1.54, 1.807) is 0 Å². The summed E-state index contributed by atoms with van der Waals surface area (Å²) in [5.74, 6) is 0. The summed E-state index contributed by atoms with van der Waals surface area (Å²) >= 11 is 0. The van der Waals surface area contributed by atoms with Gasteiger partial charge in [0.05, 0.1) is 0 Å². The number of nitrogens with one attached hydrogen (secondary N) is 1. The van der Waals surface area contributed by atoms with Gasteiger partial charge in [0.1, 0.15) is 0 Å². The molecule has 0 aromatic heterocycles. The van der Waals surface area contributed by atoms with Gasteiger partial charge in [0.2, 0.25) is 0 Å². The fourth-order valence-electron chi connectivity index (χ4n) is 2.63. The van der Waals surface area contributed by atoms with Crippen LogP contribution in [0, 0.1) is 0 Å². The monoisotopic (exact) mass is 239 g/mol. The number of hydrogen-bond donors (Lipinski definition) is 1. The molecule has 2 atom stereocenters. The molecule has 2 fully saturated rings. The Morgan fingerprint density at radius 3 is 2.29 bits per heavy atom. The third kappa shape index (κ3) is 3.94. The Morgan fingerprint density at radius 2 is 1.76 bits per heavy atom. The molecule has 3 heteroatoms. The second-order valence-electron chi connectivity index (χ2n) is 5.87. The van der Waals surface area contributed by atoms with Crippen molar-refractivity contribution in [3.8, 4) is 0 Å². The molecule has 0 spiro atoms. The molecule has 0 aromatic rings. The summed E-state index contributed by atoms with van der Waals surface area (Å²) in [7, 11) is 0. The molecule has 0 radical (unpaired) electrons. The van der Waals surface area contributed by atoms with Crippen LogP contribution < -0.4 is 5.32 Å². The van der Waals surface area contributed by atoms with Gasteiger partial charge in [-0.25, -0.2) is 0 Å². The van der Waals surface area contributed by atoms with Crippen LogP contribution in [-0.2, 0) is 0 Å². The predicted octanol–water partition coefficient (Wildman–Crippen LogP) is 1.54. The van der Waals surface area contributed by atoms with Crippen LogP contribution in [0.25, 0.3) is 0 Å². The third-order valence-electron chi connectivity index (χ3n) is 4.41. The van der Waals surface area contributed by atoms with Crippen molar-refractivity contribution in [2.75, 3.05) is 32.7 Å². The van der Waals surface area contributed by atoms with Crippen LogP contribution in [0.3, 0.4) is 0 Å². The Balaban J connectivity index is 1.64. The van der Waals surface area contributed by atoms with Crippen LogP contribution in [0.1, 0.15) is 40.0 Å². The quantitative estimate of drug-likeness (QED) is 0.758. The van der Waals surface area contributed by atoms with Crippen LogP contribution >= 0.6 is 0 Å². The number of piperazine rings is 1. The first-order valence-electron chi connectivity index (χ1n) is 7.42. The van der Waals surface area contributed by atoms with Crippen LogP contribution in [-0.4, -0.2) is 60.6 Å². The third-order valence-corrected chi connectivity index (χ3v) is 4.41. The average molecular weight is 239 g/mol. The summed E-state index contributed by atoms with van der Waals surface area (Å²) in [6, 6.07) is 2.29. The molecule has 1 heterocycles. The van der Waals surface area contributed by atoms with E-state index in [-0.39, 0.29) is 0 Å². The fourth-order valence-corrected chi connectivity index (χ4v) is 2.63. The Hall–Kier alpha value is -0.120. The lowest BCUT2D eigenvalue weighted by Gasteiger charge is -2.38. The standard InChI is InChI=1S/C14H29N3/c1-4-12(2)15-11-13(3)16-7-9-17(10-8-16)14-5-6-14/h12-15H,4-11H2,1-3H3. The van der Waals surface area contributed by atoms with Crippen molar-refractivity contribution in [3.05, 3.63) is 0 Å². The zero-order valence-electron chi connectivity index (χ0n) is 11.8. The molecule has 0 amide bonds. The molecule has 1 saturated carbocycles. The molecular weight excluding hydrogens is 210 g/mol. The van der Waals surface area contributed by atoms with E-state index in [4.69, 9.17) is 0 Å². The maximum atomic E-state index is 3.62. The van der Waals surface area contributed by atoms with E-state index in [0.29, 0.717) is 12.1 Å². The minimum atomic E-state index is 0.658. The lowest BCUT2D eigenvalue weighted by Crippen LogP contribution is -2.52. The van der Waals surface area contributed by atoms with Crippen molar-refractivity contribution in [1.82, 2.24) is 15.1 Å². The van der Waals surface area contributed by atoms with Crippen molar-refractivity contribution in [2.45, 2.75) is 58.2 Å². The highest BCUT2D eigenvalue weighted by atomic mass is 15.3. The summed E-state index contributed by atoms with van der Waals surface area (Å²) in [5, 5.41) is 3.62. The molecule has 1 saturated heterocycles. The highest BCUT2D eigenvalue weighted by Crippen LogP contribution is 2.27. The fraction of sp³-hybridized carbons (Fsp3) is 1.00. The van der Waals surface area contributed by atoms with Gasteiger partial charge >= 0.3 is 0 Å². The molecule has 2 unspecified atom stereocenters. The van der Waals surface area contributed by atoms with E-state index >= 15 is 0 Å². The van der Waals surface area contributed by atoms with Crippen LogP contribution in [0.15, 0.2) is 0 Å². The molecule has 1 aliphatic carbocycles. The molecule has 0 aromatic carbocycles. The van der Waals surface area contributed by atoms with Gasteiger partial charge in [-0.2, -0.15) is 0 Å². The first-order chi connectivity index (χ1) is 8.20. The summed E-state index contributed by atoms with van der Waals surface area (Å²) in [5.41, 5.74) is 0. The Bertz CT molecular complexity index is 220. The molecule has 1 N–H and O–H groups in total. The minimum Gasteiger partial charge on any atom is -0.313 e. The maximum absolute atomic E-state index is 3.62. The lowest BCUT2D eigenvalue weighted by molar-refractivity contribution is 0.0959. The number of nitrogens with zero attached hydrogens (tertiary/aromatic N) is 2. The summed E-state index contributed by atoms with van der Waals surface area (Å²) in [4.78, 5) is 5.33. The van der Waals surface area contributed by atoms with E-state index in [9.17, 15) is 0 Å². The van der Waals surface area contributed by atoms with Crippen molar-refractivity contribution in [3.63, 3.8) is 0 Å². The van der Waals surface area contributed by atoms with Gasteiger partial charge in [0.25, 0.3) is 0 Å². The SMILES string of the molecule is CCC(C)NCC(C)N1CCN(C2CC2)CC1. The van der Waals surface area contributed by atoms with Gasteiger partial charge in [-0.05, 0) is 33.1 Å². The molecule has 1 aliphatic heterocycles. The van der Waals surface area contributed by atoms with Gasteiger partial charge in [-0.1, -0.05) is 6.92 Å². The largest absolute Gasteiger partial charge is 0.313 e. The van der Waals surface area contributed by atoms with Crippen LogP contribution in [0.5, 0.6) is 0 Å². The first kappa shape index (κ1) is 13.3. The highest BCUT2D eigenvalue weighted by molar-refractivity contribution is 4.88. The van der Waals surface area contributed by atoms with E-state index < -0.39 is 0 Å². The number of hydrogen-bond acceptors (Lipinski definition) is 3. The predicted molar refractivity (Wildman–Crippen MR) is 73.4 cm³/mol. The van der Waals surface area contributed by atoms with Gasteiger partial charge in [0.15, 0.2) is 0 Å². The Labute approximate surface area is 107 Å². The molecule has 2 rings (SSSR count). The highest BCUT2D eigenvalue weighted by Gasteiger charge is 2.31. The minimum absolute atomic E-state index is 0.658. The molecule has 0 bridgehead atoms. The van der Waals surface area contributed by atoms with Gasteiger partial charge in [0, 0.05) is 50.8 Å². The molecule has 2 aliphatic rings. The lowest BCUT2D eigenvalue weighted by atomic mass is 10.2. The molecule has 17 heavy (non-hydrogen) atoms. The normalized spacial score (nSPS) is 27.0. The summed E-state index contributed by atoms with van der Waals surface area (Å²) in [6.45, 7) is 13.1. The van der Waals surface area contributed by atoms with Crippen molar-refractivity contribution in [2.24, 2.45) is 0 Å². The van der Waals surface area contributed by atoms with Crippen molar-refractivity contribution < 1.29 is 0 Å². The molecule has 3 nitrogen and oxygen atoms in total. The Morgan fingerprint density at radius 1 is 1.12 bits per heavy atom. The molecule has 100 valence electrons. The molecular formula is C14H29N3. The van der Waals surface area contributed by atoms with E-state index in [1.165, 1.54) is 45.4 Å².